The molecule has 0 spiro atoms. The van der Waals surface area contributed by atoms with E-state index in [0.29, 0.717) is 15.1 Å². The largest absolute Gasteiger partial charge is 0.128 e. The summed E-state index contributed by atoms with van der Waals surface area (Å²) in [5.41, 5.74) is 0. The van der Waals surface area contributed by atoms with Crippen molar-refractivity contribution in [3.63, 3.8) is 0 Å². The Hall–Kier alpha value is 1.16. The first-order chi connectivity index (χ1) is 6.31. The van der Waals surface area contributed by atoms with Crippen LogP contribution in [0.5, 0.6) is 0 Å². The average molecular weight is 354 g/mol. The van der Waals surface area contributed by atoms with Gasteiger partial charge in [0.1, 0.15) is 6.53 Å². The molecular formula is C12H27ISi2. The molecule has 0 heterocycles. The third-order valence-corrected chi connectivity index (χ3v) is 25.4. The lowest BCUT2D eigenvalue weighted by atomic mass is 10.2. The van der Waals surface area contributed by atoms with E-state index in [-0.39, 0.29) is 0 Å². The Kier molecular flexibility index (Phi) is 4.79. The van der Waals surface area contributed by atoms with E-state index in [1.54, 1.807) is 0 Å². The molecule has 0 aromatic rings. The van der Waals surface area contributed by atoms with Crippen LogP contribution in [0.25, 0.3) is 0 Å². The van der Waals surface area contributed by atoms with Crippen LogP contribution in [0.15, 0.2) is 0 Å². The van der Waals surface area contributed by atoms with Crippen molar-refractivity contribution in [2.24, 2.45) is 0 Å². The maximum absolute atomic E-state index is 2.67. The molecule has 0 nitrogen and oxygen atoms in total. The molecule has 15 heavy (non-hydrogen) atoms. The Morgan fingerprint density at radius 1 is 0.667 bits per heavy atom. The summed E-state index contributed by atoms with van der Waals surface area (Å²) in [4.78, 5) is 0. The topological polar surface area (TPSA) is 0 Å². The molecule has 0 unspecified atom stereocenters. The summed E-state index contributed by atoms with van der Waals surface area (Å²) in [6.07, 6.45) is 0. The maximum Gasteiger partial charge on any atom is 0.121 e. The zero-order chi connectivity index (χ0) is 12.7. The van der Waals surface area contributed by atoms with Crippen LogP contribution in [-0.4, -0.2) is 14.1 Å². The van der Waals surface area contributed by atoms with Gasteiger partial charge in [-0.05, 0) is 15.1 Å². The third kappa shape index (κ3) is 2.71. The second kappa shape index (κ2) is 4.44. The molecule has 0 aromatic carbocycles. The van der Waals surface area contributed by atoms with E-state index in [4.69, 9.17) is 0 Å². The first kappa shape index (κ1) is 16.2. The molecule has 0 saturated carbocycles. The minimum absolute atomic E-state index is 0.475. The van der Waals surface area contributed by atoms with Gasteiger partial charge in [0.25, 0.3) is 0 Å². The first-order valence-electron chi connectivity index (χ1n) is 5.69. The van der Waals surface area contributed by atoms with Gasteiger partial charge >= 0.3 is 0 Å². The van der Waals surface area contributed by atoms with Crippen LogP contribution >= 0.6 is 21.8 Å². The van der Waals surface area contributed by atoms with E-state index in [0.717, 1.165) is 6.53 Å². The number of halogens is 1. The molecule has 0 saturated heterocycles. The molecule has 0 aliphatic rings. The standard InChI is InChI=1S/C12H27ISi2/c1-10(2,3)15(14-13,11(4,5)6)12(7,8)9/h1-9H3. The molecule has 0 fully saturated rings. The number of hydrogen-bond donors (Lipinski definition) is 0. The molecule has 0 rings (SSSR count). The van der Waals surface area contributed by atoms with Crippen molar-refractivity contribution >= 4 is 35.9 Å². The Bertz CT molecular complexity index is 179. The molecule has 0 aliphatic carbocycles. The summed E-state index contributed by atoms with van der Waals surface area (Å²) in [5, 5.41) is 1.43. The summed E-state index contributed by atoms with van der Waals surface area (Å²) in [5.74, 6) is 0. The van der Waals surface area contributed by atoms with Crippen molar-refractivity contribution < 1.29 is 0 Å². The van der Waals surface area contributed by atoms with E-state index in [1.165, 1.54) is 0 Å². The molecule has 0 atom stereocenters. The monoisotopic (exact) mass is 354 g/mol. The van der Waals surface area contributed by atoms with Crippen molar-refractivity contribution in [1.29, 1.82) is 0 Å². The molecule has 0 aliphatic heterocycles. The van der Waals surface area contributed by atoms with Gasteiger partial charge in [0, 0.05) is 0 Å². The molecule has 0 bridgehead atoms. The van der Waals surface area contributed by atoms with Gasteiger partial charge < -0.3 is 0 Å². The van der Waals surface area contributed by atoms with Gasteiger partial charge in [0.05, 0.1) is 7.59 Å². The summed E-state index contributed by atoms with van der Waals surface area (Å²) in [6.45, 7) is 23.2. The molecule has 2 radical (unpaired) electrons. The second-order valence-electron chi connectivity index (χ2n) is 7.59. The maximum atomic E-state index is 2.67. The fraction of sp³-hybridized carbons (Fsp3) is 1.00. The van der Waals surface area contributed by atoms with Gasteiger partial charge in [0.2, 0.25) is 0 Å². The second-order valence-corrected chi connectivity index (χ2v) is 21.5. The Labute approximate surface area is 113 Å². The Balaban J connectivity index is 5.78. The molecule has 0 N–H and O–H groups in total. The van der Waals surface area contributed by atoms with Gasteiger partial charge in [-0.3, -0.25) is 0 Å². The summed E-state index contributed by atoms with van der Waals surface area (Å²) in [7, 11) is -1.36. The highest BCUT2D eigenvalue weighted by Crippen LogP contribution is 2.61. The average Bonchev–Trinajstić information content (AvgIpc) is 1.76. The Morgan fingerprint density at radius 3 is 0.867 bits per heavy atom. The number of hydrogen-bond acceptors (Lipinski definition) is 0. The minimum atomic E-state index is -1.36. The minimum Gasteiger partial charge on any atom is -0.128 e. The summed E-state index contributed by atoms with van der Waals surface area (Å²) < 4.78 is 0. The zero-order valence-corrected chi connectivity index (χ0v) is 16.0. The lowest BCUT2D eigenvalue weighted by molar-refractivity contribution is 0.556. The molecule has 3 heteroatoms. The highest BCUT2D eigenvalue weighted by molar-refractivity contribution is 14.1. The fourth-order valence-electron chi connectivity index (χ4n) is 3.80. The number of rotatable bonds is 1. The van der Waals surface area contributed by atoms with E-state index in [9.17, 15) is 0 Å². The quantitative estimate of drug-likeness (QED) is 0.337. The molecular weight excluding hydrogens is 327 g/mol. The van der Waals surface area contributed by atoms with E-state index < -0.39 is 7.59 Å². The van der Waals surface area contributed by atoms with E-state index in [2.05, 4.69) is 84.1 Å². The normalized spacial score (nSPS) is 15.6. The summed E-state index contributed by atoms with van der Waals surface area (Å²) >= 11 is 2.67. The van der Waals surface area contributed by atoms with Crippen molar-refractivity contribution in [1.82, 2.24) is 0 Å². The van der Waals surface area contributed by atoms with Crippen molar-refractivity contribution in [3.8, 4) is 0 Å². The predicted octanol–water partition coefficient (Wildman–Crippen LogP) is 5.39. The van der Waals surface area contributed by atoms with Crippen LogP contribution in [-0.2, 0) is 0 Å². The zero-order valence-electron chi connectivity index (χ0n) is 11.9. The van der Waals surface area contributed by atoms with Crippen LogP contribution in [0, 0.1) is 0 Å². The highest BCUT2D eigenvalue weighted by Gasteiger charge is 2.58. The van der Waals surface area contributed by atoms with E-state index in [1.807, 2.05) is 0 Å². The summed E-state index contributed by atoms with van der Waals surface area (Å²) in [6, 6.07) is 0. The van der Waals surface area contributed by atoms with Crippen molar-refractivity contribution in [2.45, 2.75) is 77.4 Å². The SMILES string of the molecule is CC(C)(C)[Si]([Si]I)(C(C)(C)C)C(C)(C)C. The van der Waals surface area contributed by atoms with Gasteiger partial charge in [-0.2, -0.15) is 0 Å². The van der Waals surface area contributed by atoms with Crippen LogP contribution in [0.1, 0.15) is 62.3 Å². The van der Waals surface area contributed by atoms with Crippen LogP contribution < -0.4 is 0 Å². The van der Waals surface area contributed by atoms with Crippen LogP contribution in [0.2, 0.25) is 15.1 Å². The predicted molar refractivity (Wildman–Crippen MR) is 84.7 cm³/mol. The smallest absolute Gasteiger partial charge is 0.121 e. The van der Waals surface area contributed by atoms with Gasteiger partial charge in [0.15, 0.2) is 0 Å². The van der Waals surface area contributed by atoms with Crippen molar-refractivity contribution in [2.75, 3.05) is 0 Å². The van der Waals surface area contributed by atoms with Crippen LogP contribution in [0.3, 0.4) is 0 Å². The Morgan fingerprint density at radius 2 is 0.867 bits per heavy atom. The van der Waals surface area contributed by atoms with E-state index >= 15 is 0 Å². The highest BCUT2D eigenvalue weighted by atomic mass is 127. The van der Waals surface area contributed by atoms with Gasteiger partial charge in [-0.15, -0.1) is 21.8 Å². The van der Waals surface area contributed by atoms with Crippen molar-refractivity contribution in [3.05, 3.63) is 0 Å². The third-order valence-electron chi connectivity index (χ3n) is 3.52. The molecule has 0 aromatic heterocycles. The van der Waals surface area contributed by atoms with Gasteiger partial charge in [-0.25, -0.2) is 0 Å². The molecule has 0 amide bonds. The lowest BCUT2D eigenvalue weighted by Gasteiger charge is -2.58. The fourth-order valence-corrected chi connectivity index (χ4v) is 35.8. The molecule has 90 valence electrons. The van der Waals surface area contributed by atoms with Gasteiger partial charge in [-0.1, -0.05) is 62.3 Å². The lowest BCUT2D eigenvalue weighted by Crippen LogP contribution is -2.61. The first-order valence-corrected chi connectivity index (χ1v) is 12.8. The van der Waals surface area contributed by atoms with Crippen LogP contribution in [0.4, 0.5) is 0 Å².